The van der Waals surface area contributed by atoms with Crippen molar-refractivity contribution in [1.82, 2.24) is 20.3 Å². The number of rotatable bonds is 6. The number of nitrogens with zero attached hydrogens (tertiary/aromatic N) is 3. The number of amides is 1. The van der Waals surface area contributed by atoms with Crippen molar-refractivity contribution in [3.05, 3.63) is 42.0 Å². The summed E-state index contributed by atoms with van der Waals surface area (Å²) in [5.74, 6) is 0.952. The second-order valence-corrected chi connectivity index (χ2v) is 6.04. The fourth-order valence-electron chi connectivity index (χ4n) is 2.89. The molecule has 0 bridgehead atoms. The van der Waals surface area contributed by atoms with Crippen molar-refractivity contribution in [3.8, 4) is 5.75 Å². The molecule has 1 saturated carbocycles. The van der Waals surface area contributed by atoms with Gasteiger partial charge in [-0.3, -0.25) is 9.78 Å². The van der Waals surface area contributed by atoms with E-state index in [1.165, 1.54) is 12.4 Å². The summed E-state index contributed by atoms with van der Waals surface area (Å²) < 4.78 is 5.22. The van der Waals surface area contributed by atoms with Crippen LogP contribution in [0, 0.1) is 5.92 Å². The summed E-state index contributed by atoms with van der Waals surface area (Å²) in [6.45, 7) is 0. The number of aromatic nitrogens is 3. The molecule has 8 nitrogen and oxygen atoms in total. The molecule has 1 aliphatic rings. The van der Waals surface area contributed by atoms with Crippen LogP contribution < -0.4 is 15.4 Å². The lowest BCUT2D eigenvalue weighted by atomic mass is 9.75. The summed E-state index contributed by atoms with van der Waals surface area (Å²) >= 11 is 0. The second kappa shape index (κ2) is 7.43. The van der Waals surface area contributed by atoms with Crippen molar-refractivity contribution >= 4 is 11.9 Å². The highest BCUT2D eigenvalue weighted by Gasteiger charge is 2.36. The number of hydrogen-bond acceptors (Lipinski definition) is 7. The number of aliphatic hydroxyl groups excluding tert-OH is 1. The van der Waals surface area contributed by atoms with Gasteiger partial charge in [-0.25, -0.2) is 9.97 Å². The van der Waals surface area contributed by atoms with Gasteiger partial charge in [0.2, 0.25) is 5.95 Å². The third kappa shape index (κ3) is 3.85. The highest BCUT2D eigenvalue weighted by molar-refractivity contribution is 5.94. The van der Waals surface area contributed by atoms with Gasteiger partial charge in [0.15, 0.2) is 0 Å². The zero-order valence-electron chi connectivity index (χ0n) is 14.1. The summed E-state index contributed by atoms with van der Waals surface area (Å²) in [5.41, 5.74) is 1.22. The van der Waals surface area contributed by atoms with Crippen LogP contribution in [0.2, 0.25) is 0 Å². The number of methoxy groups -OCH3 is 1. The minimum Gasteiger partial charge on any atom is -0.495 e. The highest BCUT2D eigenvalue weighted by Crippen LogP contribution is 2.38. The first-order chi connectivity index (χ1) is 12.1. The lowest BCUT2D eigenvalue weighted by molar-refractivity contribution is 0.0234. The van der Waals surface area contributed by atoms with Crippen LogP contribution in [0.3, 0.4) is 0 Å². The van der Waals surface area contributed by atoms with Gasteiger partial charge in [0.05, 0.1) is 31.0 Å². The Morgan fingerprint density at radius 3 is 2.60 bits per heavy atom. The average Bonchev–Trinajstić information content (AvgIpc) is 2.63. The van der Waals surface area contributed by atoms with Gasteiger partial charge in [0, 0.05) is 25.6 Å². The molecular formula is C17H21N5O3. The van der Waals surface area contributed by atoms with Crippen molar-refractivity contribution < 1.29 is 14.6 Å². The van der Waals surface area contributed by atoms with Crippen LogP contribution in [-0.2, 0) is 0 Å². The summed E-state index contributed by atoms with van der Waals surface area (Å²) in [5, 5.41) is 15.5. The SMILES string of the molecule is CNc1ncc(C(=O)NC(c2cncc(OC)c2)C2CC(O)C2)cn1. The molecule has 0 aromatic carbocycles. The van der Waals surface area contributed by atoms with Gasteiger partial charge < -0.3 is 20.5 Å². The molecular weight excluding hydrogens is 322 g/mol. The van der Waals surface area contributed by atoms with E-state index in [1.54, 1.807) is 26.6 Å². The van der Waals surface area contributed by atoms with Gasteiger partial charge in [-0.05, 0) is 30.4 Å². The van der Waals surface area contributed by atoms with Crippen LogP contribution in [-0.4, -0.2) is 46.2 Å². The van der Waals surface area contributed by atoms with Gasteiger partial charge in [-0.15, -0.1) is 0 Å². The zero-order chi connectivity index (χ0) is 17.8. The fourth-order valence-corrected chi connectivity index (χ4v) is 2.89. The number of ether oxygens (including phenoxy) is 1. The molecule has 1 aliphatic carbocycles. The molecule has 0 aliphatic heterocycles. The quantitative estimate of drug-likeness (QED) is 0.722. The topological polar surface area (TPSA) is 109 Å². The lowest BCUT2D eigenvalue weighted by Crippen LogP contribution is -2.41. The lowest BCUT2D eigenvalue weighted by Gasteiger charge is -2.38. The Kier molecular flexibility index (Phi) is 5.08. The molecule has 2 aromatic heterocycles. The molecule has 25 heavy (non-hydrogen) atoms. The van der Waals surface area contributed by atoms with E-state index < -0.39 is 0 Å². The molecule has 1 amide bonds. The number of carbonyl (C=O) groups is 1. The molecule has 132 valence electrons. The minimum atomic E-state index is -0.318. The van der Waals surface area contributed by atoms with E-state index in [0.717, 1.165) is 5.56 Å². The Morgan fingerprint density at radius 2 is 2.00 bits per heavy atom. The van der Waals surface area contributed by atoms with Gasteiger partial charge in [-0.2, -0.15) is 0 Å². The number of anilines is 1. The van der Waals surface area contributed by atoms with E-state index in [-0.39, 0.29) is 24.0 Å². The molecule has 0 saturated heterocycles. The number of hydrogen-bond donors (Lipinski definition) is 3. The summed E-state index contributed by atoms with van der Waals surface area (Å²) in [4.78, 5) is 24.9. The maximum atomic E-state index is 12.6. The Hall–Kier alpha value is -2.74. The van der Waals surface area contributed by atoms with Crippen molar-refractivity contribution in [1.29, 1.82) is 0 Å². The molecule has 3 N–H and O–H groups in total. The molecule has 1 atom stereocenters. The number of carbonyl (C=O) groups excluding carboxylic acids is 1. The Labute approximate surface area is 145 Å². The van der Waals surface area contributed by atoms with Crippen LogP contribution in [0.5, 0.6) is 5.75 Å². The summed E-state index contributed by atoms with van der Waals surface area (Å²) in [6, 6.07) is 1.59. The molecule has 2 aromatic rings. The van der Waals surface area contributed by atoms with Gasteiger partial charge in [-0.1, -0.05) is 0 Å². The number of pyridine rings is 1. The zero-order valence-corrected chi connectivity index (χ0v) is 14.1. The highest BCUT2D eigenvalue weighted by atomic mass is 16.5. The number of nitrogens with one attached hydrogen (secondary N) is 2. The monoisotopic (exact) mass is 343 g/mol. The normalized spacial score (nSPS) is 20.3. The third-order valence-electron chi connectivity index (χ3n) is 4.37. The predicted molar refractivity (Wildman–Crippen MR) is 91.3 cm³/mol. The Bertz CT molecular complexity index is 731. The van der Waals surface area contributed by atoms with Crippen molar-refractivity contribution in [2.75, 3.05) is 19.5 Å². The fraction of sp³-hybridized carbons (Fsp3) is 0.412. The first-order valence-corrected chi connectivity index (χ1v) is 8.08. The Balaban J connectivity index is 1.80. The first-order valence-electron chi connectivity index (χ1n) is 8.08. The van der Waals surface area contributed by atoms with E-state index in [1.807, 2.05) is 6.07 Å². The molecule has 1 unspecified atom stereocenters. The molecule has 0 spiro atoms. The largest absolute Gasteiger partial charge is 0.495 e. The molecule has 1 fully saturated rings. The Morgan fingerprint density at radius 1 is 1.28 bits per heavy atom. The van der Waals surface area contributed by atoms with Crippen LogP contribution in [0.4, 0.5) is 5.95 Å². The van der Waals surface area contributed by atoms with Gasteiger partial charge >= 0.3 is 0 Å². The number of aliphatic hydroxyl groups is 1. The van der Waals surface area contributed by atoms with Crippen molar-refractivity contribution in [3.63, 3.8) is 0 Å². The average molecular weight is 343 g/mol. The van der Waals surface area contributed by atoms with E-state index in [9.17, 15) is 9.90 Å². The molecule has 8 heteroatoms. The van der Waals surface area contributed by atoms with E-state index in [2.05, 4.69) is 25.6 Å². The predicted octanol–water partition coefficient (Wildman–Crippen LogP) is 1.16. The molecule has 3 rings (SSSR count). The molecule has 2 heterocycles. The smallest absolute Gasteiger partial charge is 0.254 e. The van der Waals surface area contributed by atoms with Crippen LogP contribution in [0.25, 0.3) is 0 Å². The summed E-state index contributed by atoms with van der Waals surface area (Å²) in [6.07, 6.45) is 7.23. The van der Waals surface area contributed by atoms with Crippen LogP contribution in [0.1, 0.15) is 34.8 Å². The standard InChI is InChI=1S/C17H21N5O3/c1-18-17-20-7-12(8-21-17)16(24)22-15(10-3-13(23)4-10)11-5-14(25-2)9-19-6-11/h5-10,13,15,23H,3-4H2,1-2H3,(H,22,24)(H,18,20,21). The minimum absolute atomic E-state index is 0.144. The maximum absolute atomic E-state index is 12.6. The summed E-state index contributed by atoms with van der Waals surface area (Å²) in [7, 11) is 3.28. The maximum Gasteiger partial charge on any atom is 0.254 e. The van der Waals surface area contributed by atoms with Crippen molar-refractivity contribution in [2.24, 2.45) is 5.92 Å². The van der Waals surface area contributed by atoms with E-state index >= 15 is 0 Å². The molecule has 0 radical (unpaired) electrons. The first kappa shape index (κ1) is 17.1. The van der Waals surface area contributed by atoms with Crippen molar-refractivity contribution in [2.45, 2.75) is 25.0 Å². The second-order valence-electron chi connectivity index (χ2n) is 6.04. The van der Waals surface area contributed by atoms with E-state index in [4.69, 9.17) is 4.74 Å². The van der Waals surface area contributed by atoms with Crippen LogP contribution in [0.15, 0.2) is 30.9 Å². The van der Waals surface area contributed by atoms with Crippen LogP contribution >= 0.6 is 0 Å². The van der Waals surface area contributed by atoms with Gasteiger partial charge in [0.25, 0.3) is 5.91 Å². The third-order valence-corrected chi connectivity index (χ3v) is 4.37. The van der Waals surface area contributed by atoms with Gasteiger partial charge in [0.1, 0.15) is 5.75 Å². The van der Waals surface area contributed by atoms with E-state index in [0.29, 0.717) is 30.1 Å².